The Kier molecular flexibility index (Phi) is 4.46. The molecule has 6 nitrogen and oxygen atoms in total. The van der Waals surface area contributed by atoms with Gasteiger partial charge in [-0.05, 0) is 50.8 Å². The molecule has 1 fully saturated rings. The summed E-state index contributed by atoms with van der Waals surface area (Å²) in [6.07, 6.45) is 3.83. The molecule has 0 bridgehead atoms. The maximum atomic E-state index is 13.3. The van der Waals surface area contributed by atoms with Gasteiger partial charge in [0.1, 0.15) is 17.1 Å². The predicted molar refractivity (Wildman–Crippen MR) is 93.7 cm³/mol. The quantitative estimate of drug-likeness (QED) is 0.809. The number of rotatable bonds is 2. The first kappa shape index (κ1) is 18.0. The van der Waals surface area contributed by atoms with Gasteiger partial charge in [-0.1, -0.05) is 0 Å². The van der Waals surface area contributed by atoms with Gasteiger partial charge in [0, 0.05) is 25.0 Å². The summed E-state index contributed by atoms with van der Waals surface area (Å²) in [5.41, 5.74) is 1.90. The average molecular weight is 376 g/mol. The van der Waals surface area contributed by atoms with Gasteiger partial charge < -0.3 is 9.64 Å². The third-order valence-corrected chi connectivity index (χ3v) is 5.56. The molecule has 2 aromatic heterocycles. The molecule has 0 unspecified atom stereocenters. The molecule has 4 rings (SSSR count). The van der Waals surface area contributed by atoms with Crippen molar-refractivity contribution in [1.29, 1.82) is 0 Å². The minimum atomic E-state index is -2.73. The van der Waals surface area contributed by atoms with Crippen LogP contribution in [0.1, 0.15) is 52.7 Å². The molecule has 144 valence electrons. The van der Waals surface area contributed by atoms with Crippen LogP contribution < -0.4 is 0 Å². The molecular formula is C19H22F2N4O2. The van der Waals surface area contributed by atoms with Crippen LogP contribution in [0, 0.1) is 13.8 Å². The summed E-state index contributed by atoms with van der Waals surface area (Å²) in [7, 11) is 0. The molecular weight excluding hydrogens is 354 g/mol. The smallest absolute Gasteiger partial charge is 0.319 e. The number of carbonyl (C=O) groups is 1. The van der Waals surface area contributed by atoms with Crippen LogP contribution in [0.25, 0.3) is 0 Å². The first-order valence-corrected chi connectivity index (χ1v) is 9.13. The fourth-order valence-corrected chi connectivity index (χ4v) is 4.09. The van der Waals surface area contributed by atoms with Gasteiger partial charge in [0.15, 0.2) is 0 Å². The maximum absolute atomic E-state index is 13.3. The lowest BCUT2D eigenvalue weighted by Gasteiger charge is -2.44. The Bertz CT molecular complexity index is 873. The number of halogens is 2. The standard InChI is InChI=1S/C19H22F2N4O2/c1-12-3-4-15(25(12)18(20)21)17(26)24-8-6-19(7-9-24)16-14(5-10-27-19)11-22-13(2)23-16/h3-4,11,18H,5-10H2,1-2H3. The highest BCUT2D eigenvalue weighted by Gasteiger charge is 2.43. The number of hydrogen-bond acceptors (Lipinski definition) is 4. The number of alkyl halides is 2. The van der Waals surface area contributed by atoms with E-state index in [4.69, 9.17) is 4.74 Å². The third kappa shape index (κ3) is 3.01. The predicted octanol–water partition coefficient (Wildman–Crippen LogP) is 2.99. The first-order valence-electron chi connectivity index (χ1n) is 9.13. The molecule has 0 aromatic carbocycles. The molecule has 4 heterocycles. The number of fused-ring (bicyclic) bond motifs is 2. The second-order valence-electron chi connectivity index (χ2n) is 7.18. The number of hydrogen-bond donors (Lipinski definition) is 0. The first-order chi connectivity index (χ1) is 12.9. The molecule has 2 aromatic rings. The van der Waals surface area contributed by atoms with Gasteiger partial charge in [-0.2, -0.15) is 8.78 Å². The van der Waals surface area contributed by atoms with Crippen molar-refractivity contribution in [2.75, 3.05) is 19.7 Å². The Morgan fingerprint density at radius 3 is 2.70 bits per heavy atom. The van der Waals surface area contributed by atoms with E-state index < -0.39 is 12.2 Å². The molecule has 1 amide bonds. The van der Waals surface area contributed by atoms with Crippen molar-refractivity contribution in [3.8, 4) is 0 Å². The fourth-order valence-electron chi connectivity index (χ4n) is 4.09. The molecule has 0 N–H and O–H groups in total. The Morgan fingerprint density at radius 2 is 2.00 bits per heavy atom. The van der Waals surface area contributed by atoms with E-state index in [1.807, 2.05) is 13.1 Å². The summed E-state index contributed by atoms with van der Waals surface area (Å²) in [6.45, 7) is 2.17. The van der Waals surface area contributed by atoms with Crippen LogP contribution in [0.3, 0.4) is 0 Å². The SMILES string of the molecule is Cc1ncc2c(n1)C1(CCN(C(=O)c3ccc(C)n3C(F)F)CC1)OCC2. The van der Waals surface area contributed by atoms with Crippen LogP contribution in [0.2, 0.25) is 0 Å². The molecule has 0 saturated carbocycles. The number of nitrogens with zero attached hydrogens (tertiary/aromatic N) is 4. The lowest BCUT2D eigenvalue weighted by atomic mass is 9.83. The molecule has 2 aliphatic heterocycles. The number of aryl methyl sites for hydroxylation is 2. The maximum Gasteiger partial charge on any atom is 0.319 e. The van der Waals surface area contributed by atoms with E-state index in [0.29, 0.717) is 44.1 Å². The molecule has 2 aliphatic rings. The number of amides is 1. The van der Waals surface area contributed by atoms with Crippen LogP contribution in [0.4, 0.5) is 8.78 Å². The summed E-state index contributed by atoms with van der Waals surface area (Å²) in [5, 5.41) is 0. The molecule has 0 atom stereocenters. The Labute approximate surface area is 156 Å². The van der Waals surface area contributed by atoms with Crippen molar-refractivity contribution in [1.82, 2.24) is 19.4 Å². The molecule has 1 saturated heterocycles. The highest BCUT2D eigenvalue weighted by atomic mass is 19.3. The lowest BCUT2D eigenvalue weighted by molar-refractivity contribution is -0.0970. The number of likely N-dealkylation sites (tertiary alicyclic amines) is 1. The van der Waals surface area contributed by atoms with Crippen molar-refractivity contribution in [2.45, 2.75) is 45.3 Å². The van der Waals surface area contributed by atoms with Gasteiger partial charge in [-0.3, -0.25) is 9.36 Å². The molecule has 1 spiro atoms. The second-order valence-corrected chi connectivity index (χ2v) is 7.18. The number of piperidine rings is 1. The zero-order valence-corrected chi connectivity index (χ0v) is 15.4. The van der Waals surface area contributed by atoms with Crippen molar-refractivity contribution < 1.29 is 18.3 Å². The van der Waals surface area contributed by atoms with E-state index in [9.17, 15) is 13.6 Å². The Hall–Kier alpha value is -2.35. The zero-order valence-electron chi connectivity index (χ0n) is 15.4. The summed E-state index contributed by atoms with van der Waals surface area (Å²) in [4.78, 5) is 23.3. The van der Waals surface area contributed by atoms with E-state index >= 15 is 0 Å². The van der Waals surface area contributed by atoms with E-state index in [-0.39, 0.29) is 11.6 Å². The van der Waals surface area contributed by atoms with Crippen molar-refractivity contribution in [3.63, 3.8) is 0 Å². The van der Waals surface area contributed by atoms with Crippen molar-refractivity contribution in [3.05, 3.63) is 46.8 Å². The minimum Gasteiger partial charge on any atom is -0.368 e. The largest absolute Gasteiger partial charge is 0.368 e. The van der Waals surface area contributed by atoms with Crippen LogP contribution >= 0.6 is 0 Å². The van der Waals surface area contributed by atoms with Gasteiger partial charge >= 0.3 is 6.55 Å². The molecule has 0 aliphatic carbocycles. The third-order valence-electron chi connectivity index (χ3n) is 5.56. The summed E-state index contributed by atoms with van der Waals surface area (Å²) >= 11 is 0. The van der Waals surface area contributed by atoms with Crippen molar-refractivity contribution in [2.24, 2.45) is 0 Å². The minimum absolute atomic E-state index is 0.0292. The Balaban J connectivity index is 1.55. The van der Waals surface area contributed by atoms with Crippen LogP contribution in [-0.2, 0) is 16.8 Å². The topological polar surface area (TPSA) is 60.2 Å². The monoisotopic (exact) mass is 376 g/mol. The van der Waals surface area contributed by atoms with Crippen LogP contribution in [0.5, 0.6) is 0 Å². The van der Waals surface area contributed by atoms with Gasteiger partial charge in [-0.25, -0.2) is 9.97 Å². The highest BCUT2D eigenvalue weighted by Crippen LogP contribution is 2.40. The van der Waals surface area contributed by atoms with Gasteiger partial charge in [-0.15, -0.1) is 0 Å². The van der Waals surface area contributed by atoms with E-state index in [0.717, 1.165) is 22.2 Å². The average Bonchev–Trinajstić information content (AvgIpc) is 3.04. The molecule has 0 radical (unpaired) electrons. The van der Waals surface area contributed by atoms with Crippen LogP contribution in [0.15, 0.2) is 18.3 Å². The van der Waals surface area contributed by atoms with Crippen molar-refractivity contribution >= 4 is 5.91 Å². The second kappa shape index (κ2) is 6.67. The summed E-state index contributed by atoms with van der Waals surface area (Å²) in [6, 6.07) is 3.02. The summed E-state index contributed by atoms with van der Waals surface area (Å²) < 4.78 is 33.5. The van der Waals surface area contributed by atoms with E-state index in [2.05, 4.69) is 9.97 Å². The summed E-state index contributed by atoms with van der Waals surface area (Å²) in [5.74, 6) is 0.329. The lowest BCUT2D eigenvalue weighted by Crippen LogP contribution is -2.49. The van der Waals surface area contributed by atoms with Gasteiger partial charge in [0.2, 0.25) is 0 Å². The van der Waals surface area contributed by atoms with Gasteiger partial charge in [0.05, 0.1) is 12.3 Å². The Morgan fingerprint density at radius 1 is 1.26 bits per heavy atom. The fraction of sp³-hybridized carbons (Fsp3) is 0.526. The zero-order chi connectivity index (χ0) is 19.2. The number of carbonyl (C=O) groups excluding carboxylic acids is 1. The highest BCUT2D eigenvalue weighted by molar-refractivity contribution is 5.93. The van der Waals surface area contributed by atoms with E-state index in [1.54, 1.807) is 17.9 Å². The van der Waals surface area contributed by atoms with E-state index in [1.165, 1.54) is 6.07 Å². The molecule has 8 heteroatoms. The normalized spacial score (nSPS) is 18.8. The van der Waals surface area contributed by atoms with Crippen LogP contribution in [-0.4, -0.2) is 45.0 Å². The number of aromatic nitrogens is 3. The molecule has 27 heavy (non-hydrogen) atoms. The van der Waals surface area contributed by atoms with Gasteiger partial charge in [0.25, 0.3) is 5.91 Å². The number of ether oxygens (including phenoxy) is 1.